The number of carbonyl (C=O) groups is 2. The van der Waals surface area contributed by atoms with Crippen molar-refractivity contribution in [2.24, 2.45) is 5.92 Å². The van der Waals surface area contributed by atoms with Crippen molar-refractivity contribution in [3.05, 3.63) is 35.3 Å². The van der Waals surface area contributed by atoms with Crippen molar-refractivity contribution in [3.8, 4) is 10.6 Å². The van der Waals surface area contributed by atoms with Crippen LogP contribution in [0.15, 0.2) is 29.6 Å². The molecule has 1 fully saturated rings. The molecule has 0 atom stereocenters. The zero-order valence-electron chi connectivity index (χ0n) is 14.6. The number of benzene rings is 1. The third-order valence-electron chi connectivity index (χ3n) is 4.45. The second-order valence-corrected chi connectivity index (χ2v) is 7.50. The van der Waals surface area contributed by atoms with Crippen LogP contribution in [0.25, 0.3) is 10.6 Å². The van der Waals surface area contributed by atoms with E-state index in [0.29, 0.717) is 12.3 Å². The Balaban J connectivity index is 1.66. The molecule has 0 saturated carbocycles. The highest BCUT2D eigenvalue weighted by Gasteiger charge is 2.21. The van der Waals surface area contributed by atoms with Gasteiger partial charge in [-0.1, -0.05) is 19.1 Å². The average molecular weight is 357 g/mol. The number of nitrogens with one attached hydrogen (secondary N) is 1. The zero-order chi connectivity index (χ0) is 17.8. The largest absolute Gasteiger partial charge is 0.342 e. The molecule has 0 unspecified atom stereocenters. The number of carbonyl (C=O) groups excluding carboxylic acids is 2. The molecule has 0 spiro atoms. The highest BCUT2D eigenvalue weighted by molar-refractivity contribution is 7.13. The topological polar surface area (TPSA) is 62.3 Å². The molecule has 1 saturated heterocycles. The second kappa shape index (κ2) is 7.78. The maximum atomic E-state index is 12.4. The lowest BCUT2D eigenvalue weighted by atomic mass is 9.99. The molecule has 2 aromatic rings. The Bertz CT molecular complexity index is 764. The number of piperidine rings is 1. The SMILES string of the molecule is CC(=O)Nc1cccc(-c2nc(CC(=O)N3CCC(C)CC3)cs2)c1. The summed E-state index contributed by atoms with van der Waals surface area (Å²) in [5.41, 5.74) is 2.51. The smallest absolute Gasteiger partial charge is 0.228 e. The molecule has 1 aliphatic rings. The van der Waals surface area contributed by atoms with E-state index in [4.69, 9.17) is 0 Å². The third-order valence-corrected chi connectivity index (χ3v) is 5.39. The first-order chi connectivity index (χ1) is 12.0. The molecule has 1 N–H and O–H groups in total. The van der Waals surface area contributed by atoms with Gasteiger partial charge in [0.05, 0.1) is 12.1 Å². The summed E-state index contributed by atoms with van der Waals surface area (Å²) < 4.78 is 0. The van der Waals surface area contributed by atoms with Crippen LogP contribution in [0.5, 0.6) is 0 Å². The van der Waals surface area contributed by atoms with E-state index < -0.39 is 0 Å². The molecule has 132 valence electrons. The van der Waals surface area contributed by atoms with E-state index in [1.165, 1.54) is 18.3 Å². The van der Waals surface area contributed by atoms with Gasteiger partial charge < -0.3 is 10.2 Å². The van der Waals surface area contributed by atoms with Crippen LogP contribution >= 0.6 is 11.3 Å². The molecule has 25 heavy (non-hydrogen) atoms. The minimum Gasteiger partial charge on any atom is -0.342 e. The first-order valence-corrected chi connectivity index (χ1v) is 9.49. The molecule has 2 amide bonds. The molecule has 1 aliphatic heterocycles. The highest BCUT2D eigenvalue weighted by atomic mass is 32.1. The van der Waals surface area contributed by atoms with Crippen molar-refractivity contribution in [1.29, 1.82) is 0 Å². The summed E-state index contributed by atoms with van der Waals surface area (Å²) in [6, 6.07) is 7.60. The van der Waals surface area contributed by atoms with Gasteiger partial charge in [-0.15, -0.1) is 11.3 Å². The summed E-state index contributed by atoms with van der Waals surface area (Å²) in [7, 11) is 0. The molecular weight excluding hydrogens is 334 g/mol. The fourth-order valence-corrected chi connectivity index (χ4v) is 3.80. The minimum absolute atomic E-state index is 0.0987. The van der Waals surface area contributed by atoms with Crippen LogP contribution in [0.2, 0.25) is 0 Å². The van der Waals surface area contributed by atoms with E-state index in [1.807, 2.05) is 34.5 Å². The number of nitrogens with zero attached hydrogens (tertiary/aromatic N) is 2. The lowest BCUT2D eigenvalue weighted by Gasteiger charge is -2.30. The highest BCUT2D eigenvalue weighted by Crippen LogP contribution is 2.26. The molecule has 0 radical (unpaired) electrons. The van der Waals surface area contributed by atoms with Crippen molar-refractivity contribution in [1.82, 2.24) is 9.88 Å². The summed E-state index contributed by atoms with van der Waals surface area (Å²) in [5.74, 6) is 0.778. The Morgan fingerprint density at radius 1 is 1.32 bits per heavy atom. The fraction of sp³-hybridized carbons (Fsp3) is 0.421. The van der Waals surface area contributed by atoms with Crippen LogP contribution in [-0.2, 0) is 16.0 Å². The van der Waals surface area contributed by atoms with Crippen molar-refractivity contribution in [2.75, 3.05) is 18.4 Å². The van der Waals surface area contributed by atoms with Gasteiger partial charge >= 0.3 is 0 Å². The van der Waals surface area contributed by atoms with Crippen LogP contribution in [0, 0.1) is 5.92 Å². The van der Waals surface area contributed by atoms with Crippen molar-refractivity contribution in [2.45, 2.75) is 33.1 Å². The molecule has 1 aromatic carbocycles. The maximum Gasteiger partial charge on any atom is 0.228 e. The van der Waals surface area contributed by atoms with Crippen molar-refractivity contribution in [3.63, 3.8) is 0 Å². The lowest BCUT2D eigenvalue weighted by molar-refractivity contribution is -0.131. The van der Waals surface area contributed by atoms with Gasteiger partial charge in [-0.3, -0.25) is 9.59 Å². The van der Waals surface area contributed by atoms with Crippen LogP contribution < -0.4 is 5.32 Å². The summed E-state index contributed by atoms with van der Waals surface area (Å²) in [6.07, 6.45) is 2.53. The molecule has 0 bridgehead atoms. The lowest BCUT2D eigenvalue weighted by Crippen LogP contribution is -2.38. The number of amides is 2. The quantitative estimate of drug-likeness (QED) is 0.910. The number of likely N-dealkylation sites (tertiary alicyclic amines) is 1. The van der Waals surface area contributed by atoms with Gasteiger partial charge in [0.25, 0.3) is 0 Å². The van der Waals surface area contributed by atoms with E-state index >= 15 is 0 Å². The van der Waals surface area contributed by atoms with Gasteiger partial charge in [-0.25, -0.2) is 4.98 Å². The first-order valence-electron chi connectivity index (χ1n) is 8.61. The normalized spacial score (nSPS) is 15.2. The summed E-state index contributed by atoms with van der Waals surface area (Å²) in [5, 5.41) is 5.59. The number of rotatable bonds is 4. The standard InChI is InChI=1S/C19H23N3O2S/c1-13-6-8-22(9-7-13)18(24)11-17-12-25-19(21-17)15-4-3-5-16(10-15)20-14(2)23/h3-5,10,12-13H,6-9,11H2,1-2H3,(H,20,23). The number of hydrogen-bond donors (Lipinski definition) is 1. The summed E-state index contributed by atoms with van der Waals surface area (Å²) in [6.45, 7) is 5.44. The molecule has 2 heterocycles. The summed E-state index contributed by atoms with van der Waals surface area (Å²) >= 11 is 1.52. The molecule has 0 aliphatic carbocycles. The van der Waals surface area contributed by atoms with Crippen LogP contribution in [0.4, 0.5) is 5.69 Å². The van der Waals surface area contributed by atoms with Gasteiger partial charge in [0.2, 0.25) is 11.8 Å². The third kappa shape index (κ3) is 4.66. The van der Waals surface area contributed by atoms with E-state index in [-0.39, 0.29) is 11.8 Å². The van der Waals surface area contributed by atoms with Gasteiger partial charge in [0, 0.05) is 36.6 Å². The van der Waals surface area contributed by atoms with Crippen molar-refractivity contribution >= 4 is 28.8 Å². The number of anilines is 1. The maximum absolute atomic E-state index is 12.4. The Labute approximate surface area is 152 Å². The molecule has 3 rings (SSSR count). The van der Waals surface area contributed by atoms with E-state index in [1.54, 1.807) is 0 Å². The molecule has 6 heteroatoms. The van der Waals surface area contributed by atoms with Gasteiger partial charge in [-0.05, 0) is 30.9 Å². The molecular formula is C19H23N3O2S. The second-order valence-electron chi connectivity index (χ2n) is 6.65. The van der Waals surface area contributed by atoms with Gasteiger partial charge in [0.15, 0.2) is 0 Å². The van der Waals surface area contributed by atoms with E-state index in [9.17, 15) is 9.59 Å². The number of aromatic nitrogens is 1. The number of thiazole rings is 1. The van der Waals surface area contributed by atoms with Crippen molar-refractivity contribution < 1.29 is 9.59 Å². The Hall–Kier alpha value is -2.21. The Morgan fingerprint density at radius 2 is 2.08 bits per heavy atom. The van der Waals surface area contributed by atoms with E-state index in [0.717, 1.165) is 47.9 Å². The Morgan fingerprint density at radius 3 is 2.80 bits per heavy atom. The zero-order valence-corrected chi connectivity index (χ0v) is 15.4. The molecule has 5 nitrogen and oxygen atoms in total. The Kier molecular flexibility index (Phi) is 5.48. The molecule has 1 aromatic heterocycles. The average Bonchev–Trinajstić information content (AvgIpc) is 3.03. The van der Waals surface area contributed by atoms with E-state index in [2.05, 4.69) is 17.2 Å². The fourth-order valence-electron chi connectivity index (χ4n) is 2.98. The minimum atomic E-state index is -0.0987. The first kappa shape index (κ1) is 17.6. The van der Waals surface area contributed by atoms with Crippen LogP contribution in [0.3, 0.4) is 0 Å². The number of hydrogen-bond acceptors (Lipinski definition) is 4. The predicted molar refractivity (Wildman–Crippen MR) is 101 cm³/mol. The van der Waals surface area contributed by atoms with Gasteiger partial charge in [-0.2, -0.15) is 0 Å². The summed E-state index contributed by atoms with van der Waals surface area (Å²) in [4.78, 5) is 30.2. The van der Waals surface area contributed by atoms with Crippen LogP contribution in [-0.4, -0.2) is 34.8 Å². The van der Waals surface area contributed by atoms with Crippen LogP contribution in [0.1, 0.15) is 32.4 Å². The predicted octanol–water partition coefficient (Wildman–Crippen LogP) is 3.57. The van der Waals surface area contributed by atoms with Gasteiger partial charge in [0.1, 0.15) is 5.01 Å². The monoisotopic (exact) mass is 357 g/mol.